The Kier molecular flexibility index (Phi) is 3.24. The fourth-order valence-electron chi connectivity index (χ4n) is 3.39. The molecule has 1 aromatic heterocycles. The zero-order valence-electron chi connectivity index (χ0n) is 10.5. The number of hydrogen-bond acceptors (Lipinski definition) is 5. The molecule has 2 bridgehead atoms. The first-order valence-corrected chi connectivity index (χ1v) is 6.95. The van der Waals surface area contributed by atoms with Gasteiger partial charge in [-0.15, -0.1) is 0 Å². The third-order valence-electron chi connectivity index (χ3n) is 4.24. The first-order chi connectivity index (χ1) is 8.74. The van der Waals surface area contributed by atoms with Crippen molar-refractivity contribution in [1.29, 1.82) is 0 Å². The van der Waals surface area contributed by atoms with Crippen LogP contribution in [0.5, 0.6) is 0 Å². The highest BCUT2D eigenvalue weighted by Crippen LogP contribution is 2.48. The predicted molar refractivity (Wildman–Crippen MR) is 71.8 cm³/mol. The molecule has 1 heterocycles. The second kappa shape index (κ2) is 4.88. The molecule has 3 rings (SSSR count). The summed E-state index contributed by atoms with van der Waals surface area (Å²) in [5.41, 5.74) is 0. The van der Waals surface area contributed by atoms with Crippen molar-refractivity contribution in [2.45, 2.75) is 25.7 Å². The van der Waals surface area contributed by atoms with Crippen molar-refractivity contribution in [1.82, 2.24) is 15.0 Å². The SMILES string of the molecule is CNc1nc(Cl)nc(NCC2CC3CCC2C3)n1. The van der Waals surface area contributed by atoms with E-state index in [1.54, 1.807) is 7.05 Å². The van der Waals surface area contributed by atoms with E-state index in [0.717, 1.165) is 24.3 Å². The Balaban J connectivity index is 1.61. The molecule has 98 valence electrons. The van der Waals surface area contributed by atoms with Crippen molar-refractivity contribution in [2.24, 2.45) is 17.8 Å². The lowest BCUT2D eigenvalue weighted by molar-refractivity contribution is 0.348. The molecule has 0 saturated heterocycles. The zero-order valence-corrected chi connectivity index (χ0v) is 11.2. The average Bonchev–Trinajstić information content (AvgIpc) is 2.97. The number of halogens is 1. The molecule has 0 radical (unpaired) electrons. The molecule has 2 aliphatic rings. The molecule has 0 aromatic carbocycles. The molecule has 2 N–H and O–H groups in total. The van der Waals surface area contributed by atoms with Crippen LogP contribution in [0.15, 0.2) is 0 Å². The Morgan fingerprint density at radius 3 is 2.67 bits per heavy atom. The average molecular weight is 268 g/mol. The molecule has 2 aliphatic carbocycles. The lowest BCUT2D eigenvalue weighted by Crippen LogP contribution is -2.21. The lowest BCUT2D eigenvalue weighted by Gasteiger charge is -2.21. The van der Waals surface area contributed by atoms with Crippen LogP contribution < -0.4 is 10.6 Å². The van der Waals surface area contributed by atoms with E-state index in [1.165, 1.54) is 25.7 Å². The summed E-state index contributed by atoms with van der Waals surface area (Å²) >= 11 is 5.84. The molecule has 18 heavy (non-hydrogen) atoms. The van der Waals surface area contributed by atoms with E-state index >= 15 is 0 Å². The highest BCUT2D eigenvalue weighted by Gasteiger charge is 2.39. The van der Waals surface area contributed by atoms with E-state index in [9.17, 15) is 0 Å². The summed E-state index contributed by atoms with van der Waals surface area (Å²) in [6, 6.07) is 0. The fraction of sp³-hybridized carbons (Fsp3) is 0.750. The van der Waals surface area contributed by atoms with Gasteiger partial charge in [-0.3, -0.25) is 0 Å². The number of aromatic nitrogens is 3. The molecule has 0 amide bonds. The van der Waals surface area contributed by atoms with Gasteiger partial charge in [0.2, 0.25) is 17.2 Å². The van der Waals surface area contributed by atoms with Gasteiger partial charge in [0.1, 0.15) is 0 Å². The third-order valence-corrected chi connectivity index (χ3v) is 4.41. The first kappa shape index (κ1) is 12.0. The molecule has 2 saturated carbocycles. The molecule has 3 atom stereocenters. The number of nitrogens with zero attached hydrogens (tertiary/aromatic N) is 3. The van der Waals surface area contributed by atoms with Crippen LogP contribution in [0.1, 0.15) is 25.7 Å². The van der Waals surface area contributed by atoms with E-state index in [0.29, 0.717) is 11.9 Å². The number of hydrogen-bond donors (Lipinski definition) is 2. The van der Waals surface area contributed by atoms with Gasteiger partial charge >= 0.3 is 0 Å². The van der Waals surface area contributed by atoms with Gasteiger partial charge in [0.05, 0.1) is 0 Å². The topological polar surface area (TPSA) is 62.7 Å². The van der Waals surface area contributed by atoms with Crippen LogP contribution in [0.25, 0.3) is 0 Å². The van der Waals surface area contributed by atoms with Gasteiger partial charge in [0.25, 0.3) is 0 Å². The van der Waals surface area contributed by atoms with Gasteiger partial charge in [-0.1, -0.05) is 6.42 Å². The maximum Gasteiger partial charge on any atom is 0.228 e. The summed E-state index contributed by atoms with van der Waals surface area (Å²) in [6.45, 7) is 0.949. The smallest absolute Gasteiger partial charge is 0.228 e. The first-order valence-electron chi connectivity index (χ1n) is 6.58. The number of anilines is 2. The van der Waals surface area contributed by atoms with Crippen molar-refractivity contribution in [3.8, 4) is 0 Å². The Bertz CT molecular complexity index is 438. The summed E-state index contributed by atoms with van der Waals surface area (Å²) < 4.78 is 0. The maximum absolute atomic E-state index is 5.84. The summed E-state index contributed by atoms with van der Waals surface area (Å²) in [5.74, 6) is 3.73. The van der Waals surface area contributed by atoms with Gasteiger partial charge in [-0.25, -0.2) is 0 Å². The normalized spacial score (nSPS) is 29.6. The minimum absolute atomic E-state index is 0.227. The van der Waals surface area contributed by atoms with Gasteiger partial charge in [-0.05, 0) is 48.6 Å². The predicted octanol–water partition coefficient (Wildman–Crippen LogP) is 2.41. The minimum atomic E-state index is 0.227. The quantitative estimate of drug-likeness (QED) is 0.877. The Morgan fingerprint density at radius 2 is 2.00 bits per heavy atom. The summed E-state index contributed by atoms with van der Waals surface area (Å²) in [6.07, 6.45) is 5.61. The van der Waals surface area contributed by atoms with E-state index in [1.807, 2.05) is 0 Å². The molecule has 0 aliphatic heterocycles. The summed E-state index contributed by atoms with van der Waals surface area (Å²) in [4.78, 5) is 12.3. The highest BCUT2D eigenvalue weighted by atomic mass is 35.5. The molecule has 3 unspecified atom stereocenters. The number of nitrogens with one attached hydrogen (secondary N) is 2. The summed E-state index contributed by atoms with van der Waals surface area (Å²) in [7, 11) is 1.77. The standard InChI is InChI=1S/C12H18ClN5/c1-14-11-16-10(13)17-12(18-11)15-6-9-5-7-2-3-8(9)4-7/h7-9H,2-6H2,1H3,(H2,14,15,16,17,18). The van der Waals surface area contributed by atoms with Crippen LogP contribution in [0.2, 0.25) is 5.28 Å². The third kappa shape index (κ3) is 2.36. The summed E-state index contributed by atoms with van der Waals surface area (Å²) in [5, 5.41) is 6.40. The van der Waals surface area contributed by atoms with Crippen molar-refractivity contribution in [3.63, 3.8) is 0 Å². The van der Waals surface area contributed by atoms with Crippen molar-refractivity contribution >= 4 is 23.5 Å². The molecular weight excluding hydrogens is 250 g/mol. The van der Waals surface area contributed by atoms with Gasteiger partial charge in [0.15, 0.2) is 0 Å². The molecular formula is C12H18ClN5. The molecule has 5 nitrogen and oxygen atoms in total. The van der Waals surface area contributed by atoms with E-state index in [4.69, 9.17) is 11.6 Å². The second-order valence-electron chi connectivity index (χ2n) is 5.32. The van der Waals surface area contributed by atoms with Gasteiger partial charge in [-0.2, -0.15) is 15.0 Å². The van der Waals surface area contributed by atoms with Crippen LogP contribution in [0, 0.1) is 17.8 Å². The molecule has 1 aromatic rings. The van der Waals surface area contributed by atoms with Crippen LogP contribution in [0.4, 0.5) is 11.9 Å². The fourth-order valence-corrected chi connectivity index (χ4v) is 3.55. The monoisotopic (exact) mass is 267 g/mol. The van der Waals surface area contributed by atoms with Crippen molar-refractivity contribution in [2.75, 3.05) is 24.2 Å². The molecule has 2 fully saturated rings. The Hall–Kier alpha value is -1.10. The lowest BCUT2D eigenvalue weighted by atomic mass is 9.89. The van der Waals surface area contributed by atoms with Crippen molar-refractivity contribution in [3.05, 3.63) is 5.28 Å². The minimum Gasteiger partial charge on any atom is -0.357 e. The van der Waals surface area contributed by atoms with E-state index in [2.05, 4.69) is 25.6 Å². The van der Waals surface area contributed by atoms with Crippen LogP contribution >= 0.6 is 11.6 Å². The van der Waals surface area contributed by atoms with Gasteiger partial charge in [0, 0.05) is 13.6 Å². The highest BCUT2D eigenvalue weighted by molar-refractivity contribution is 6.28. The van der Waals surface area contributed by atoms with E-state index in [-0.39, 0.29) is 5.28 Å². The Morgan fingerprint density at radius 1 is 1.17 bits per heavy atom. The van der Waals surface area contributed by atoms with E-state index < -0.39 is 0 Å². The van der Waals surface area contributed by atoms with Crippen LogP contribution in [-0.4, -0.2) is 28.5 Å². The van der Waals surface area contributed by atoms with Gasteiger partial charge < -0.3 is 10.6 Å². The maximum atomic E-state index is 5.84. The molecule has 6 heteroatoms. The van der Waals surface area contributed by atoms with Crippen molar-refractivity contribution < 1.29 is 0 Å². The number of fused-ring (bicyclic) bond motifs is 2. The molecule has 0 spiro atoms. The number of rotatable bonds is 4. The van der Waals surface area contributed by atoms with Crippen LogP contribution in [-0.2, 0) is 0 Å². The zero-order chi connectivity index (χ0) is 12.5. The van der Waals surface area contributed by atoms with Crippen LogP contribution in [0.3, 0.4) is 0 Å². The largest absolute Gasteiger partial charge is 0.357 e. The Labute approximate surface area is 112 Å². The second-order valence-corrected chi connectivity index (χ2v) is 5.66.